The van der Waals surface area contributed by atoms with Gasteiger partial charge in [-0.2, -0.15) is 0 Å². The maximum absolute atomic E-state index is 11.5. The predicted molar refractivity (Wildman–Crippen MR) is 105 cm³/mol. The molecule has 0 unspecified atom stereocenters. The summed E-state index contributed by atoms with van der Waals surface area (Å²) in [7, 11) is 0. The molecule has 0 saturated heterocycles. The van der Waals surface area contributed by atoms with Crippen LogP contribution in [-0.2, 0) is 6.42 Å². The molecule has 0 aliphatic rings. The molecule has 24 heavy (non-hydrogen) atoms. The molecular formula is C22H33NO. The first-order valence-corrected chi connectivity index (χ1v) is 9.83. The second kappa shape index (κ2) is 10.3. The van der Waals surface area contributed by atoms with Crippen LogP contribution in [0.2, 0.25) is 0 Å². The molecule has 2 aromatic rings. The maximum Gasteiger partial charge on any atom is 0.248 e. The highest BCUT2D eigenvalue weighted by atomic mass is 16.1. The minimum absolute atomic E-state index is 0.0116. The van der Waals surface area contributed by atoms with E-state index in [1.165, 1.54) is 75.2 Å². The number of aromatic nitrogens is 1. The van der Waals surface area contributed by atoms with E-state index >= 15 is 0 Å². The van der Waals surface area contributed by atoms with E-state index in [1.54, 1.807) is 6.07 Å². The number of pyridine rings is 1. The van der Waals surface area contributed by atoms with E-state index in [4.69, 9.17) is 0 Å². The Morgan fingerprint density at radius 2 is 1.46 bits per heavy atom. The SMILES string of the molecule is CCCCCCCCCCCCc1ccc2[nH]c(=O)cc(C)c2c1. The number of benzene rings is 1. The van der Waals surface area contributed by atoms with Gasteiger partial charge in [-0.1, -0.05) is 70.8 Å². The molecule has 1 aromatic carbocycles. The smallest absolute Gasteiger partial charge is 0.248 e. The van der Waals surface area contributed by atoms with Crippen LogP contribution >= 0.6 is 0 Å². The Kier molecular flexibility index (Phi) is 8.07. The Labute approximate surface area is 146 Å². The van der Waals surface area contributed by atoms with E-state index in [9.17, 15) is 4.79 Å². The van der Waals surface area contributed by atoms with E-state index in [-0.39, 0.29) is 5.56 Å². The Balaban J connectivity index is 1.66. The summed E-state index contributed by atoms with van der Waals surface area (Å²) in [6, 6.07) is 8.14. The van der Waals surface area contributed by atoms with Crippen molar-refractivity contribution < 1.29 is 0 Å². The van der Waals surface area contributed by atoms with Gasteiger partial charge in [0.1, 0.15) is 0 Å². The largest absolute Gasteiger partial charge is 0.322 e. The average molecular weight is 328 g/mol. The Bertz CT molecular complexity index is 671. The van der Waals surface area contributed by atoms with E-state index in [2.05, 4.69) is 30.1 Å². The molecule has 1 heterocycles. The van der Waals surface area contributed by atoms with Gasteiger partial charge < -0.3 is 4.98 Å². The van der Waals surface area contributed by atoms with Gasteiger partial charge in [-0.05, 0) is 43.0 Å². The summed E-state index contributed by atoms with van der Waals surface area (Å²) in [5, 5.41) is 1.18. The molecule has 2 heteroatoms. The average Bonchev–Trinajstić information content (AvgIpc) is 2.57. The lowest BCUT2D eigenvalue weighted by molar-refractivity contribution is 0.556. The normalized spacial score (nSPS) is 11.2. The summed E-state index contributed by atoms with van der Waals surface area (Å²) < 4.78 is 0. The van der Waals surface area contributed by atoms with Gasteiger partial charge in [0.15, 0.2) is 0 Å². The van der Waals surface area contributed by atoms with Gasteiger partial charge in [0.25, 0.3) is 0 Å². The fourth-order valence-corrected chi connectivity index (χ4v) is 3.44. The molecule has 0 saturated carbocycles. The van der Waals surface area contributed by atoms with Crippen molar-refractivity contribution in [2.75, 3.05) is 0 Å². The lowest BCUT2D eigenvalue weighted by Crippen LogP contribution is -2.04. The van der Waals surface area contributed by atoms with Gasteiger partial charge in [-0.3, -0.25) is 4.79 Å². The van der Waals surface area contributed by atoms with Gasteiger partial charge in [0.05, 0.1) is 0 Å². The molecule has 0 bridgehead atoms. The number of aromatic amines is 1. The first-order chi connectivity index (χ1) is 11.7. The number of nitrogens with one attached hydrogen (secondary N) is 1. The second-order valence-corrected chi connectivity index (χ2v) is 7.13. The van der Waals surface area contributed by atoms with E-state index in [0.717, 1.165) is 17.5 Å². The zero-order valence-electron chi connectivity index (χ0n) is 15.5. The van der Waals surface area contributed by atoms with Crippen LogP contribution in [0.25, 0.3) is 10.9 Å². The minimum atomic E-state index is -0.0116. The van der Waals surface area contributed by atoms with Crippen molar-refractivity contribution in [2.24, 2.45) is 0 Å². The zero-order chi connectivity index (χ0) is 17.2. The number of H-pyrrole nitrogens is 1. The van der Waals surface area contributed by atoms with E-state index < -0.39 is 0 Å². The monoisotopic (exact) mass is 327 g/mol. The van der Waals surface area contributed by atoms with Crippen LogP contribution in [0.1, 0.15) is 82.3 Å². The highest BCUT2D eigenvalue weighted by Gasteiger charge is 2.02. The summed E-state index contributed by atoms with van der Waals surface area (Å²) in [5.41, 5.74) is 3.39. The molecule has 2 nitrogen and oxygen atoms in total. The first-order valence-electron chi connectivity index (χ1n) is 9.83. The van der Waals surface area contributed by atoms with Crippen molar-refractivity contribution in [1.29, 1.82) is 0 Å². The van der Waals surface area contributed by atoms with Gasteiger partial charge in [-0.15, -0.1) is 0 Å². The van der Waals surface area contributed by atoms with Gasteiger partial charge in [0, 0.05) is 17.0 Å². The lowest BCUT2D eigenvalue weighted by Gasteiger charge is -2.06. The molecule has 0 radical (unpaired) electrons. The second-order valence-electron chi connectivity index (χ2n) is 7.13. The van der Waals surface area contributed by atoms with Crippen molar-refractivity contribution in [1.82, 2.24) is 4.98 Å². The van der Waals surface area contributed by atoms with Crippen LogP contribution in [-0.4, -0.2) is 4.98 Å². The Morgan fingerprint density at radius 1 is 0.833 bits per heavy atom. The predicted octanol–water partition coefficient (Wildman–Crippen LogP) is 6.30. The van der Waals surface area contributed by atoms with E-state index in [0.29, 0.717) is 0 Å². The molecule has 0 aliphatic carbocycles. The Morgan fingerprint density at radius 3 is 2.12 bits per heavy atom. The number of hydrogen-bond acceptors (Lipinski definition) is 1. The van der Waals surface area contributed by atoms with Gasteiger partial charge in [-0.25, -0.2) is 0 Å². The van der Waals surface area contributed by atoms with Crippen LogP contribution < -0.4 is 5.56 Å². The quantitative estimate of drug-likeness (QED) is 0.483. The third kappa shape index (κ3) is 6.14. The van der Waals surface area contributed by atoms with Crippen molar-refractivity contribution in [3.05, 3.63) is 45.7 Å². The summed E-state index contributed by atoms with van der Waals surface area (Å²) in [4.78, 5) is 14.4. The molecule has 0 amide bonds. The van der Waals surface area contributed by atoms with Crippen LogP contribution in [0, 0.1) is 6.92 Å². The van der Waals surface area contributed by atoms with Gasteiger partial charge in [0.2, 0.25) is 5.56 Å². The van der Waals surface area contributed by atoms with Gasteiger partial charge >= 0.3 is 0 Å². The number of hydrogen-bond donors (Lipinski definition) is 1. The number of fused-ring (bicyclic) bond motifs is 1. The molecular weight excluding hydrogens is 294 g/mol. The summed E-state index contributed by atoms with van der Waals surface area (Å²) >= 11 is 0. The fourth-order valence-electron chi connectivity index (χ4n) is 3.44. The highest BCUT2D eigenvalue weighted by molar-refractivity contribution is 5.82. The number of unbranched alkanes of at least 4 members (excludes halogenated alkanes) is 9. The molecule has 0 spiro atoms. The van der Waals surface area contributed by atoms with Crippen LogP contribution in [0.15, 0.2) is 29.1 Å². The highest BCUT2D eigenvalue weighted by Crippen LogP contribution is 2.18. The van der Waals surface area contributed by atoms with Crippen molar-refractivity contribution in [3.8, 4) is 0 Å². The summed E-state index contributed by atoms with van der Waals surface area (Å²) in [6.45, 7) is 4.29. The molecule has 1 aromatic heterocycles. The van der Waals surface area contributed by atoms with Crippen LogP contribution in [0.5, 0.6) is 0 Å². The third-order valence-corrected chi connectivity index (χ3v) is 4.93. The summed E-state index contributed by atoms with van der Waals surface area (Å²) in [5.74, 6) is 0. The zero-order valence-corrected chi connectivity index (χ0v) is 15.5. The number of aryl methyl sites for hydroxylation is 2. The minimum Gasteiger partial charge on any atom is -0.322 e. The van der Waals surface area contributed by atoms with Crippen molar-refractivity contribution in [2.45, 2.75) is 84.5 Å². The molecule has 1 N–H and O–H groups in total. The molecule has 0 fully saturated rings. The molecule has 132 valence electrons. The standard InChI is InChI=1S/C22H33NO/c1-3-4-5-6-7-8-9-10-11-12-13-19-14-15-21-20(17-19)18(2)16-22(24)23-21/h14-17H,3-13H2,1-2H3,(H,23,24). The topological polar surface area (TPSA) is 32.9 Å². The molecule has 0 aliphatic heterocycles. The first kappa shape index (κ1) is 18.8. The lowest BCUT2D eigenvalue weighted by atomic mass is 10.0. The van der Waals surface area contributed by atoms with Crippen molar-refractivity contribution in [3.63, 3.8) is 0 Å². The third-order valence-electron chi connectivity index (χ3n) is 4.93. The number of rotatable bonds is 11. The van der Waals surface area contributed by atoms with Crippen LogP contribution in [0.3, 0.4) is 0 Å². The molecule has 2 rings (SSSR count). The van der Waals surface area contributed by atoms with Crippen molar-refractivity contribution >= 4 is 10.9 Å². The maximum atomic E-state index is 11.5. The summed E-state index contributed by atoms with van der Waals surface area (Å²) in [6.07, 6.45) is 14.9. The van der Waals surface area contributed by atoms with Crippen LogP contribution in [0.4, 0.5) is 0 Å². The van der Waals surface area contributed by atoms with E-state index in [1.807, 2.05) is 6.92 Å². The fraction of sp³-hybridized carbons (Fsp3) is 0.591. The molecule has 0 atom stereocenters. The Hall–Kier alpha value is -1.57.